The number of carbonyl (C=O) groups is 2. The molecule has 268 valence electrons. The van der Waals surface area contributed by atoms with Gasteiger partial charge in [0.2, 0.25) is 0 Å². The lowest BCUT2D eigenvalue weighted by atomic mass is 10.0. The van der Waals surface area contributed by atoms with Crippen molar-refractivity contribution in [3.8, 4) is 5.75 Å². The van der Waals surface area contributed by atoms with E-state index in [0.29, 0.717) is 30.2 Å². The first-order chi connectivity index (χ1) is 23.2. The molecule has 4 rings (SSSR count). The molecule has 0 saturated heterocycles. The average molecular weight is 704 g/mol. The van der Waals surface area contributed by atoms with E-state index in [1.807, 2.05) is 13.8 Å². The van der Waals surface area contributed by atoms with Crippen molar-refractivity contribution in [1.82, 2.24) is 15.0 Å². The third kappa shape index (κ3) is 9.70. The number of likely N-dealkylation sites (N-methyl/N-ethyl adjacent to an activating group) is 1. The smallest absolute Gasteiger partial charge is 0.321 e. The molecule has 13 nitrogen and oxygen atoms in total. The number of amides is 3. The van der Waals surface area contributed by atoms with E-state index in [0.717, 1.165) is 37.1 Å². The second-order valence-electron chi connectivity index (χ2n) is 12.6. The number of aryl methyl sites for hydroxylation is 2. The summed E-state index contributed by atoms with van der Waals surface area (Å²) in [4.78, 5) is 30.4. The largest absolute Gasteiger partial charge is 0.490 e. The molecule has 0 aliphatic carbocycles. The minimum absolute atomic E-state index is 0.101. The van der Waals surface area contributed by atoms with Gasteiger partial charge in [0, 0.05) is 38.3 Å². The molecule has 0 unspecified atom stereocenters. The maximum absolute atomic E-state index is 14.3. The van der Waals surface area contributed by atoms with Crippen LogP contribution >= 0.6 is 0 Å². The van der Waals surface area contributed by atoms with Crippen LogP contribution in [0.5, 0.6) is 5.75 Å². The second kappa shape index (κ2) is 16.5. The Bertz CT molecular complexity index is 1680. The molecule has 0 radical (unpaired) electrons. The van der Waals surface area contributed by atoms with Crippen LogP contribution in [0.4, 0.5) is 20.6 Å². The van der Waals surface area contributed by atoms with Crippen LogP contribution in [0, 0.1) is 25.6 Å². The van der Waals surface area contributed by atoms with Crippen molar-refractivity contribution in [3.63, 3.8) is 0 Å². The first-order valence-electron chi connectivity index (χ1n) is 16.3. The normalized spacial score (nSPS) is 20.0. The first kappa shape index (κ1) is 37.6. The Morgan fingerprint density at radius 2 is 1.88 bits per heavy atom. The number of aromatic nitrogens is 1. The fraction of sp³-hybridized carbons (Fsp3) is 0.500. The quantitative estimate of drug-likeness (QED) is 0.287. The molecule has 0 spiro atoms. The van der Waals surface area contributed by atoms with E-state index in [4.69, 9.17) is 14.0 Å². The predicted octanol–water partition coefficient (Wildman–Crippen LogP) is 5.19. The summed E-state index contributed by atoms with van der Waals surface area (Å²) < 4.78 is 59.8. The number of sulfonamides is 1. The number of aliphatic hydroxyl groups is 1. The van der Waals surface area contributed by atoms with Crippen LogP contribution < -0.4 is 14.8 Å². The van der Waals surface area contributed by atoms with Crippen molar-refractivity contribution in [2.75, 3.05) is 43.4 Å². The number of hydrogen-bond acceptors (Lipinski definition) is 9. The molecule has 1 aromatic heterocycles. The number of urea groups is 1. The zero-order chi connectivity index (χ0) is 35.9. The lowest BCUT2D eigenvalue weighted by Crippen LogP contribution is -2.48. The Kier molecular flexibility index (Phi) is 12.6. The molecule has 0 bridgehead atoms. The van der Waals surface area contributed by atoms with Crippen LogP contribution in [-0.2, 0) is 14.8 Å². The van der Waals surface area contributed by atoms with Gasteiger partial charge in [-0.1, -0.05) is 12.1 Å². The molecule has 0 fully saturated rings. The van der Waals surface area contributed by atoms with E-state index >= 15 is 0 Å². The minimum atomic E-state index is -4.11. The molecule has 4 atom stereocenters. The molecule has 49 heavy (non-hydrogen) atoms. The van der Waals surface area contributed by atoms with Crippen molar-refractivity contribution in [2.45, 2.75) is 77.0 Å². The van der Waals surface area contributed by atoms with Crippen molar-refractivity contribution >= 4 is 33.3 Å². The zero-order valence-electron chi connectivity index (χ0n) is 28.7. The Morgan fingerprint density at radius 3 is 2.53 bits per heavy atom. The van der Waals surface area contributed by atoms with Gasteiger partial charge in [-0.3, -0.25) is 9.52 Å². The van der Waals surface area contributed by atoms with E-state index in [-0.39, 0.29) is 59.6 Å². The van der Waals surface area contributed by atoms with Gasteiger partial charge in [-0.05, 0) is 89.4 Å². The topological polar surface area (TPSA) is 164 Å². The van der Waals surface area contributed by atoms with Crippen molar-refractivity contribution in [3.05, 3.63) is 65.3 Å². The predicted molar refractivity (Wildman–Crippen MR) is 182 cm³/mol. The fourth-order valence-electron chi connectivity index (χ4n) is 5.49. The molecule has 0 saturated carbocycles. The lowest BCUT2D eigenvalue weighted by molar-refractivity contribution is -0.0115. The summed E-state index contributed by atoms with van der Waals surface area (Å²) in [6.45, 7) is 9.38. The number of aliphatic hydroxyl groups excluding tert-OH is 1. The molecule has 2 heterocycles. The number of anilines is 2. The Hall–Kier alpha value is -4.21. The molecule has 1 aliphatic rings. The summed E-state index contributed by atoms with van der Waals surface area (Å²) >= 11 is 0. The fourth-order valence-corrected chi connectivity index (χ4v) is 6.54. The summed E-state index contributed by atoms with van der Waals surface area (Å²) in [7, 11) is -2.46. The minimum Gasteiger partial charge on any atom is -0.490 e. The van der Waals surface area contributed by atoms with E-state index in [2.05, 4.69) is 15.2 Å². The SMILES string of the molecule is Cc1noc(C)c1NC(=O)N(C)C[C@@H]1OCCCC[C@@H](C)Oc2ccc(NS(=O)(=O)c3ccc(F)cc3)cc2C(=O)N([C@@H](C)CO)C[C@H]1C. The number of nitrogens with zero attached hydrogens (tertiary/aromatic N) is 3. The highest BCUT2D eigenvalue weighted by Gasteiger charge is 2.31. The van der Waals surface area contributed by atoms with E-state index in [9.17, 15) is 27.5 Å². The summed E-state index contributed by atoms with van der Waals surface area (Å²) in [6, 6.07) is 7.83. The van der Waals surface area contributed by atoms with Gasteiger partial charge >= 0.3 is 6.03 Å². The summed E-state index contributed by atoms with van der Waals surface area (Å²) in [6.07, 6.45) is 1.41. The van der Waals surface area contributed by atoms with Gasteiger partial charge in [-0.2, -0.15) is 0 Å². The van der Waals surface area contributed by atoms with Crippen LogP contribution in [-0.4, -0.2) is 92.0 Å². The first-order valence-corrected chi connectivity index (χ1v) is 17.8. The number of carbonyl (C=O) groups excluding carboxylic acids is 2. The lowest BCUT2D eigenvalue weighted by Gasteiger charge is -2.35. The summed E-state index contributed by atoms with van der Waals surface area (Å²) in [5.74, 6) is -0.615. The molecular formula is C34H46FN5O8S. The number of rotatable bonds is 8. The van der Waals surface area contributed by atoms with Crippen LogP contribution in [0.2, 0.25) is 0 Å². The standard InChI is InChI=1S/C34H46FN5O8S/c1-21-18-40(22(2)20-41)33(42)29-17-27(38-49(44,45)28-13-10-26(35)11-14-28)12-15-30(29)47-23(3)9-7-8-16-46-31(21)19-39(6)34(43)36-32-24(4)37-48-25(32)5/h10-15,17,21-23,31,38,41H,7-9,16,18-20H2,1-6H3,(H,36,43)/t21-,22+,23-,31+/m1/s1. The third-order valence-corrected chi connectivity index (χ3v) is 9.89. The maximum Gasteiger partial charge on any atom is 0.321 e. The van der Waals surface area contributed by atoms with E-state index in [1.165, 1.54) is 21.9 Å². The van der Waals surface area contributed by atoms with Gasteiger partial charge < -0.3 is 34.2 Å². The molecule has 15 heteroatoms. The van der Waals surface area contributed by atoms with Gasteiger partial charge in [0.15, 0.2) is 5.76 Å². The Morgan fingerprint density at radius 1 is 1.16 bits per heavy atom. The number of ether oxygens (including phenoxy) is 2. The molecule has 3 aromatic rings. The number of fused-ring (bicyclic) bond motifs is 1. The van der Waals surface area contributed by atoms with Gasteiger partial charge in [0.25, 0.3) is 15.9 Å². The highest BCUT2D eigenvalue weighted by molar-refractivity contribution is 7.92. The Labute approximate surface area is 286 Å². The number of benzene rings is 2. The molecule has 3 N–H and O–H groups in total. The monoisotopic (exact) mass is 703 g/mol. The van der Waals surface area contributed by atoms with Crippen LogP contribution in [0.3, 0.4) is 0 Å². The van der Waals surface area contributed by atoms with Crippen LogP contribution in [0.25, 0.3) is 0 Å². The summed E-state index contributed by atoms with van der Waals surface area (Å²) in [5.41, 5.74) is 1.26. The van der Waals surface area contributed by atoms with E-state index in [1.54, 1.807) is 33.9 Å². The third-order valence-electron chi connectivity index (χ3n) is 8.49. The zero-order valence-corrected chi connectivity index (χ0v) is 29.5. The van der Waals surface area contributed by atoms with Gasteiger partial charge in [0.05, 0.1) is 35.3 Å². The molecule has 1 aliphatic heterocycles. The van der Waals surface area contributed by atoms with Gasteiger partial charge in [-0.25, -0.2) is 17.6 Å². The van der Waals surface area contributed by atoms with Crippen LogP contribution in [0.15, 0.2) is 51.9 Å². The van der Waals surface area contributed by atoms with Crippen LogP contribution in [0.1, 0.15) is 61.8 Å². The highest BCUT2D eigenvalue weighted by Crippen LogP contribution is 2.30. The van der Waals surface area contributed by atoms with Crippen molar-refractivity contribution in [2.24, 2.45) is 5.92 Å². The Balaban J connectivity index is 1.63. The second-order valence-corrected chi connectivity index (χ2v) is 14.3. The van der Waals surface area contributed by atoms with Gasteiger partial charge in [-0.15, -0.1) is 0 Å². The highest BCUT2D eigenvalue weighted by atomic mass is 32.2. The molecule has 3 amide bonds. The molecular weight excluding hydrogens is 657 g/mol. The number of halogens is 1. The molecule has 2 aromatic carbocycles. The van der Waals surface area contributed by atoms with Gasteiger partial charge in [0.1, 0.15) is 22.9 Å². The maximum atomic E-state index is 14.3. The van der Waals surface area contributed by atoms with Crippen molar-refractivity contribution < 1.29 is 41.5 Å². The number of hydrogen-bond donors (Lipinski definition) is 3. The van der Waals surface area contributed by atoms with Crippen molar-refractivity contribution in [1.29, 1.82) is 0 Å². The number of nitrogens with one attached hydrogen (secondary N) is 2. The summed E-state index contributed by atoms with van der Waals surface area (Å²) in [5, 5.41) is 16.9. The van der Waals surface area contributed by atoms with E-state index < -0.39 is 33.9 Å². The average Bonchev–Trinajstić information content (AvgIpc) is 3.38.